The minimum Gasteiger partial charge on any atom is -0.465 e. The predicted molar refractivity (Wildman–Crippen MR) is 55.3 cm³/mol. The first-order valence-electron chi connectivity index (χ1n) is 3.72. The van der Waals surface area contributed by atoms with E-state index >= 15 is 0 Å². The molecule has 1 aromatic rings. The molecule has 1 rings (SSSR count). The summed E-state index contributed by atoms with van der Waals surface area (Å²) in [5.41, 5.74) is 0.880. The number of anilines is 1. The van der Waals surface area contributed by atoms with Crippen LogP contribution in [0.1, 0.15) is 5.56 Å². The van der Waals surface area contributed by atoms with Gasteiger partial charge in [-0.2, -0.15) is 5.26 Å². The normalized spacial score (nSPS) is 9.21. The van der Waals surface area contributed by atoms with Gasteiger partial charge >= 0.3 is 6.09 Å². The first kappa shape index (κ1) is 10.5. The van der Waals surface area contributed by atoms with Crippen LogP contribution in [0.5, 0.6) is 0 Å². The van der Waals surface area contributed by atoms with Crippen molar-refractivity contribution in [1.82, 2.24) is 0 Å². The fourth-order valence-corrected chi connectivity index (χ4v) is 1.42. The number of halogens is 1. The van der Waals surface area contributed by atoms with Crippen LogP contribution in [0, 0.1) is 11.3 Å². The molecule has 0 radical (unpaired) electrons. The SMILES string of the molecule is CN(C(=O)O)c1cc(Br)cc(C#N)c1. The van der Waals surface area contributed by atoms with E-state index in [4.69, 9.17) is 10.4 Å². The first-order valence-corrected chi connectivity index (χ1v) is 4.51. The third kappa shape index (κ3) is 2.24. The van der Waals surface area contributed by atoms with Gasteiger partial charge in [0.2, 0.25) is 0 Å². The molecule has 0 atom stereocenters. The Morgan fingerprint density at radius 1 is 1.57 bits per heavy atom. The quantitative estimate of drug-likeness (QED) is 0.838. The van der Waals surface area contributed by atoms with E-state index in [1.165, 1.54) is 13.1 Å². The molecule has 4 nitrogen and oxygen atoms in total. The Bertz CT molecular complexity index is 412. The Labute approximate surface area is 89.5 Å². The Hall–Kier alpha value is -1.54. The third-order valence-electron chi connectivity index (χ3n) is 1.69. The fourth-order valence-electron chi connectivity index (χ4n) is 0.943. The van der Waals surface area contributed by atoms with Crippen LogP contribution < -0.4 is 4.90 Å². The molecule has 0 aliphatic heterocycles. The molecule has 5 heteroatoms. The van der Waals surface area contributed by atoms with Gasteiger partial charge in [-0.1, -0.05) is 15.9 Å². The molecule has 0 aromatic heterocycles. The largest absolute Gasteiger partial charge is 0.465 e. The lowest BCUT2D eigenvalue weighted by molar-refractivity contribution is 0.203. The zero-order valence-corrected chi connectivity index (χ0v) is 8.95. The highest BCUT2D eigenvalue weighted by Gasteiger charge is 2.09. The van der Waals surface area contributed by atoms with Crippen LogP contribution >= 0.6 is 15.9 Å². The van der Waals surface area contributed by atoms with Gasteiger partial charge in [0.15, 0.2) is 0 Å². The van der Waals surface area contributed by atoms with E-state index in [1.807, 2.05) is 6.07 Å². The molecule has 1 N–H and O–H groups in total. The van der Waals surface area contributed by atoms with Crippen molar-refractivity contribution in [3.63, 3.8) is 0 Å². The Kier molecular flexibility index (Phi) is 3.10. The van der Waals surface area contributed by atoms with Crippen LogP contribution in [0.25, 0.3) is 0 Å². The fraction of sp³-hybridized carbons (Fsp3) is 0.111. The molecule has 0 bridgehead atoms. The van der Waals surface area contributed by atoms with Crippen LogP contribution in [0.4, 0.5) is 10.5 Å². The molecule has 72 valence electrons. The summed E-state index contributed by atoms with van der Waals surface area (Å²) >= 11 is 3.20. The standard InChI is InChI=1S/C9H7BrN2O2/c1-12(9(13)14)8-3-6(5-11)2-7(10)4-8/h2-4H,1H3,(H,13,14). The van der Waals surface area contributed by atoms with E-state index < -0.39 is 6.09 Å². The highest BCUT2D eigenvalue weighted by atomic mass is 79.9. The van der Waals surface area contributed by atoms with E-state index in [9.17, 15) is 4.79 Å². The minimum atomic E-state index is -1.06. The molecule has 0 spiro atoms. The molecule has 0 saturated heterocycles. The van der Waals surface area contributed by atoms with Gasteiger partial charge in [-0.15, -0.1) is 0 Å². The average molecular weight is 255 g/mol. The molecule has 14 heavy (non-hydrogen) atoms. The smallest absolute Gasteiger partial charge is 0.411 e. The average Bonchev–Trinajstić information content (AvgIpc) is 2.15. The maximum atomic E-state index is 10.6. The van der Waals surface area contributed by atoms with Crippen LogP contribution in [-0.2, 0) is 0 Å². The Morgan fingerprint density at radius 3 is 2.71 bits per heavy atom. The summed E-state index contributed by atoms with van der Waals surface area (Å²) in [7, 11) is 1.42. The molecular weight excluding hydrogens is 248 g/mol. The monoisotopic (exact) mass is 254 g/mol. The third-order valence-corrected chi connectivity index (χ3v) is 2.14. The summed E-state index contributed by atoms with van der Waals surface area (Å²) in [5, 5.41) is 17.4. The number of rotatable bonds is 1. The molecule has 0 fully saturated rings. The number of carbonyl (C=O) groups is 1. The zero-order valence-electron chi connectivity index (χ0n) is 7.36. The first-order chi connectivity index (χ1) is 6.54. The highest BCUT2D eigenvalue weighted by Crippen LogP contribution is 2.21. The second kappa shape index (κ2) is 4.11. The highest BCUT2D eigenvalue weighted by molar-refractivity contribution is 9.10. The maximum Gasteiger partial charge on any atom is 0.411 e. The van der Waals surface area contributed by atoms with E-state index in [1.54, 1.807) is 12.1 Å². The molecule has 0 saturated carbocycles. The minimum absolute atomic E-state index is 0.419. The van der Waals surface area contributed by atoms with Crippen molar-refractivity contribution in [3.8, 4) is 6.07 Å². The van der Waals surface area contributed by atoms with Crippen LogP contribution in [0.2, 0.25) is 0 Å². The van der Waals surface area contributed by atoms with E-state index in [2.05, 4.69) is 15.9 Å². The lowest BCUT2D eigenvalue weighted by Crippen LogP contribution is -2.23. The van der Waals surface area contributed by atoms with Gasteiger partial charge in [-0.25, -0.2) is 4.79 Å². The molecule has 0 unspecified atom stereocenters. The van der Waals surface area contributed by atoms with Gasteiger partial charge in [-0.05, 0) is 18.2 Å². The molecule has 0 aliphatic rings. The summed E-state index contributed by atoms with van der Waals surface area (Å²) in [6, 6.07) is 6.72. The number of benzene rings is 1. The van der Waals surface area contributed by atoms with E-state index in [-0.39, 0.29) is 0 Å². The van der Waals surface area contributed by atoms with Gasteiger partial charge in [0.25, 0.3) is 0 Å². The van der Waals surface area contributed by atoms with Gasteiger partial charge in [0.05, 0.1) is 11.6 Å². The number of hydrogen-bond acceptors (Lipinski definition) is 2. The number of amides is 1. The second-order valence-corrected chi connectivity index (χ2v) is 3.57. The van der Waals surface area contributed by atoms with Gasteiger partial charge in [0.1, 0.15) is 0 Å². The molecular formula is C9H7BrN2O2. The number of nitriles is 1. The van der Waals surface area contributed by atoms with Crippen molar-refractivity contribution in [2.24, 2.45) is 0 Å². The molecule has 1 aromatic carbocycles. The Balaban J connectivity index is 3.17. The van der Waals surface area contributed by atoms with Gasteiger partial charge in [0, 0.05) is 17.2 Å². The molecule has 0 aliphatic carbocycles. The second-order valence-electron chi connectivity index (χ2n) is 2.65. The van der Waals surface area contributed by atoms with Gasteiger partial charge < -0.3 is 5.11 Å². The van der Waals surface area contributed by atoms with E-state index in [0.29, 0.717) is 15.7 Å². The number of hydrogen-bond donors (Lipinski definition) is 1. The van der Waals surface area contributed by atoms with Crippen molar-refractivity contribution < 1.29 is 9.90 Å². The molecule has 0 heterocycles. The van der Waals surface area contributed by atoms with Crippen molar-refractivity contribution >= 4 is 27.7 Å². The molecule has 1 amide bonds. The summed E-state index contributed by atoms with van der Waals surface area (Å²) in [5.74, 6) is 0. The zero-order chi connectivity index (χ0) is 10.7. The number of carboxylic acid groups (broad SMARTS) is 1. The number of nitrogens with zero attached hydrogens (tertiary/aromatic N) is 2. The summed E-state index contributed by atoms with van der Waals surface area (Å²) in [6.07, 6.45) is -1.06. The van der Waals surface area contributed by atoms with Crippen LogP contribution in [0.15, 0.2) is 22.7 Å². The van der Waals surface area contributed by atoms with E-state index in [0.717, 1.165) is 4.90 Å². The maximum absolute atomic E-state index is 10.6. The summed E-state index contributed by atoms with van der Waals surface area (Å²) < 4.78 is 0.680. The van der Waals surface area contributed by atoms with Crippen molar-refractivity contribution in [1.29, 1.82) is 5.26 Å². The lowest BCUT2D eigenvalue weighted by Gasteiger charge is -2.13. The van der Waals surface area contributed by atoms with Crippen molar-refractivity contribution in [3.05, 3.63) is 28.2 Å². The lowest BCUT2D eigenvalue weighted by atomic mass is 10.2. The predicted octanol–water partition coefficient (Wildman–Crippen LogP) is 2.43. The van der Waals surface area contributed by atoms with Crippen LogP contribution in [0.3, 0.4) is 0 Å². The Morgan fingerprint density at radius 2 is 2.21 bits per heavy atom. The van der Waals surface area contributed by atoms with Crippen LogP contribution in [-0.4, -0.2) is 18.2 Å². The van der Waals surface area contributed by atoms with Crippen molar-refractivity contribution in [2.45, 2.75) is 0 Å². The topological polar surface area (TPSA) is 64.3 Å². The van der Waals surface area contributed by atoms with Gasteiger partial charge in [-0.3, -0.25) is 4.90 Å². The summed E-state index contributed by atoms with van der Waals surface area (Å²) in [6.45, 7) is 0. The summed E-state index contributed by atoms with van der Waals surface area (Å²) in [4.78, 5) is 11.7. The van der Waals surface area contributed by atoms with Crippen molar-refractivity contribution in [2.75, 3.05) is 11.9 Å².